The van der Waals surface area contributed by atoms with E-state index in [-0.39, 0.29) is 11.3 Å². The van der Waals surface area contributed by atoms with Gasteiger partial charge in [0.2, 0.25) is 0 Å². The standard InChI is InChI=1S/C13H18FNO3/c1-3-15(8-9-18-4-2)13(17)12-10(14)6-5-7-11(12)16/h5-7,16H,3-4,8-9H2,1-2H3. The molecule has 1 aromatic carbocycles. The molecular formula is C13H18FNO3. The van der Waals surface area contributed by atoms with Crippen molar-refractivity contribution in [2.24, 2.45) is 0 Å². The maximum Gasteiger partial charge on any atom is 0.260 e. The molecule has 0 fully saturated rings. The summed E-state index contributed by atoms with van der Waals surface area (Å²) >= 11 is 0. The number of carbonyl (C=O) groups excluding carboxylic acids is 1. The van der Waals surface area contributed by atoms with Crippen LogP contribution in [0.3, 0.4) is 0 Å². The molecule has 0 saturated carbocycles. The van der Waals surface area contributed by atoms with Crippen molar-refractivity contribution in [3.8, 4) is 5.75 Å². The Hall–Kier alpha value is -1.62. The fourth-order valence-corrected chi connectivity index (χ4v) is 1.60. The first kappa shape index (κ1) is 14.4. The average Bonchev–Trinajstić information content (AvgIpc) is 2.34. The van der Waals surface area contributed by atoms with Gasteiger partial charge in [0.15, 0.2) is 0 Å². The molecule has 1 aromatic rings. The van der Waals surface area contributed by atoms with Crippen molar-refractivity contribution < 1.29 is 19.0 Å². The molecule has 0 heterocycles. The summed E-state index contributed by atoms with van der Waals surface area (Å²) < 4.78 is 18.7. The fourth-order valence-electron chi connectivity index (χ4n) is 1.60. The van der Waals surface area contributed by atoms with E-state index in [9.17, 15) is 14.3 Å². The highest BCUT2D eigenvalue weighted by Crippen LogP contribution is 2.21. The van der Waals surface area contributed by atoms with Gasteiger partial charge in [-0.25, -0.2) is 4.39 Å². The molecule has 0 saturated heterocycles. The van der Waals surface area contributed by atoms with Crippen molar-refractivity contribution in [1.82, 2.24) is 4.90 Å². The highest BCUT2D eigenvalue weighted by molar-refractivity contribution is 5.97. The van der Waals surface area contributed by atoms with E-state index in [1.54, 1.807) is 6.92 Å². The zero-order chi connectivity index (χ0) is 13.5. The summed E-state index contributed by atoms with van der Waals surface area (Å²) in [5, 5.41) is 9.56. The maximum atomic E-state index is 13.5. The quantitative estimate of drug-likeness (QED) is 0.791. The van der Waals surface area contributed by atoms with Crippen LogP contribution in [0.25, 0.3) is 0 Å². The van der Waals surface area contributed by atoms with Gasteiger partial charge in [-0.05, 0) is 26.0 Å². The summed E-state index contributed by atoms with van der Waals surface area (Å²) in [7, 11) is 0. The lowest BCUT2D eigenvalue weighted by molar-refractivity contribution is 0.0662. The monoisotopic (exact) mass is 255 g/mol. The molecule has 0 radical (unpaired) electrons. The van der Waals surface area contributed by atoms with Gasteiger partial charge in [-0.15, -0.1) is 0 Å². The molecule has 0 bridgehead atoms. The van der Waals surface area contributed by atoms with Crippen molar-refractivity contribution >= 4 is 5.91 Å². The van der Waals surface area contributed by atoms with E-state index in [2.05, 4.69) is 0 Å². The van der Waals surface area contributed by atoms with E-state index >= 15 is 0 Å². The Morgan fingerprint density at radius 1 is 1.44 bits per heavy atom. The molecule has 0 aliphatic rings. The predicted octanol–water partition coefficient (Wildman–Crippen LogP) is 2.03. The lowest BCUT2D eigenvalue weighted by Gasteiger charge is -2.21. The molecule has 0 atom stereocenters. The average molecular weight is 255 g/mol. The van der Waals surface area contributed by atoms with E-state index < -0.39 is 11.7 Å². The largest absolute Gasteiger partial charge is 0.507 e. The third-order valence-corrected chi connectivity index (χ3v) is 2.58. The second kappa shape index (κ2) is 6.96. The number of hydrogen-bond acceptors (Lipinski definition) is 3. The zero-order valence-electron chi connectivity index (χ0n) is 10.6. The number of nitrogens with zero attached hydrogens (tertiary/aromatic N) is 1. The van der Waals surface area contributed by atoms with Crippen LogP contribution in [0.4, 0.5) is 4.39 Å². The SMILES string of the molecule is CCOCCN(CC)C(=O)c1c(O)cccc1F. The minimum absolute atomic E-state index is 0.282. The molecule has 0 unspecified atom stereocenters. The molecule has 4 nitrogen and oxygen atoms in total. The van der Waals surface area contributed by atoms with Crippen LogP contribution in [0.5, 0.6) is 5.75 Å². The predicted molar refractivity (Wildman–Crippen MR) is 66.1 cm³/mol. The highest BCUT2D eigenvalue weighted by atomic mass is 19.1. The van der Waals surface area contributed by atoms with Crippen LogP contribution in [0.2, 0.25) is 0 Å². The molecule has 1 rings (SSSR count). The number of aromatic hydroxyl groups is 1. The first-order valence-electron chi connectivity index (χ1n) is 5.96. The molecule has 18 heavy (non-hydrogen) atoms. The minimum Gasteiger partial charge on any atom is -0.507 e. The van der Waals surface area contributed by atoms with Gasteiger partial charge in [-0.1, -0.05) is 6.07 Å². The van der Waals surface area contributed by atoms with E-state index in [1.807, 2.05) is 6.92 Å². The molecule has 0 aromatic heterocycles. The van der Waals surface area contributed by atoms with Gasteiger partial charge in [0, 0.05) is 19.7 Å². The third-order valence-electron chi connectivity index (χ3n) is 2.58. The van der Waals surface area contributed by atoms with Gasteiger partial charge >= 0.3 is 0 Å². The van der Waals surface area contributed by atoms with Gasteiger partial charge in [0.05, 0.1) is 6.61 Å². The topological polar surface area (TPSA) is 49.8 Å². The number of ether oxygens (including phenoxy) is 1. The van der Waals surface area contributed by atoms with Gasteiger partial charge in [0.25, 0.3) is 5.91 Å². The summed E-state index contributed by atoms with van der Waals surface area (Å²) in [5.41, 5.74) is -0.282. The molecule has 5 heteroatoms. The van der Waals surface area contributed by atoms with E-state index in [4.69, 9.17) is 4.74 Å². The van der Waals surface area contributed by atoms with Gasteiger partial charge < -0.3 is 14.7 Å². The van der Waals surface area contributed by atoms with Crippen molar-refractivity contribution in [2.45, 2.75) is 13.8 Å². The number of hydrogen-bond donors (Lipinski definition) is 1. The van der Waals surface area contributed by atoms with E-state index in [0.29, 0.717) is 26.3 Å². The first-order valence-corrected chi connectivity index (χ1v) is 5.96. The summed E-state index contributed by atoms with van der Waals surface area (Å²) in [5.74, 6) is -1.57. The minimum atomic E-state index is -0.713. The number of halogens is 1. The highest BCUT2D eigenvalue weighted by Gasteiger charge is 2.21. The van der Waals surface area contributed by atoms with Crippen LogP contribution < -0.4 is 0 Å². The smallest absolute Gasteiger partial charge is 0.260 e. The van der Waals surface area contributed by atoms with Crippen LogP contribution >= 0.6 is 0 Å². The van der Waals surface area contributed by atoms with Crippen molar-refractivity contribution in [3.63, 3.8) is 0 Å². The van der Waals surface area contributed by atoms with Crippen LogP contribution in [0.15, 0.2) is 18.2 Å². The number of phenols is 1. The van der Waals surface area contributed by atoms with Crippen LogP contribution in [0.1, 0.15) is 24.2 Å². The lowest BCUT2D eigenvalue weighted by atomic mass is 10.1. The molecule has 1 amide bonds. The van der Waals surface area contributed by atoms with Gasteiger partial charge in [0.1, 0.15) is 17.1 Å². The molecular weight excluding hydrogens is 237 g/mol. The Morgan fingerprint density at radius 3 is 2.72 bits per heavy atom. The Morgan fingerprint density at radius 2 is 2.17 bits per heavy atom. The molecule has 0 aliphatic carbocycles. The molecule has 0 aliphatic heterocycles. The lowest BCUT2D eigenvalue weighted by Crippen LogP contribution is -2.34. The van der Waals surface area contributed by atoms with E-state index in [1.165, 1.54) is 17.0 Å². The number of rotatable bonds is 6. The fraction of sp³-hybridized carbons (Fsp3) is 0.462. The van der Waals surface area contributed by atoms with Crippen LogP contribution in [-0.4, -0.2) is 42.2 Å². The second-order valence-electron chi connectivity index (χ2n) is 3.72. The summed E-state index contributed by atoms with van der Waals surface area (Å²) in [6.07, 6.45) is 0. The number of carbonyl (C=O) groups is 1. The summed E-state index contributed by atoms with van der Waals surface area (Å²) in [4.78, 5) is 13.5. The Labute approximate surface area is 106 Å². The van der Waals surface area contributed by atoms with Crippen molar-refractivity contribution in [1.29, 1.82) is 0 Å². The first-order chi connectivity index (χ1) is 8.61. The maximum absolute atomic E-state index is 13.5. The van der Waals surface area contributed by atoms with Crippen LogP contribution in [0, 0.1) is 5.82 Å². The zero-order valence-corrected chi connectivity index (χ0v) is 10.6. The molecule has 1 N–H and O–H groups in total. The number of amides is 1. The molecule has 100 valence electrons. The number of benzene rings is 1. The second-order valence-corrected chi connectivity index (χ2v) is 3.72. The van der Waals surface area contributed by atoms with Gasteiger partial charge in [-0.2, -0.15) is 0 Å². The van der Waals surface area contributed by atoms with Gasteiger partial charge in [-0.3, -0.25) is 4.79 Å². The Kier molecular flexibility index (Phi) is 5.58. The summed E-state index contributed by atoms with van der Waals surface area (Å²) in [6.45, 7) is 5.42. The normalized spacial score (nSPS) is 10.4. The van der Waals surface area contributed by atoms with Crippen molar-refractivity contribution in [2.75, 3.05) is 26.3 Å². The third kappa shape index (κ3) is 3.43. The number of phenolic OH excluding ortho intramolecular Hbond substituents is 1. The van der Waals surface area contributed by atoms with Crippen LogP contribution in [-0.2, 0) is 4.74 Å². The summed E-state index contributed by atoms with van der Waals surface area (Å²) in [6, 6.07) is 3.81. The molecule has 0 spiro atoms. The number of likely N-dealkylation sites (N-methyl/N-ethyl adjacent to an activating group) is 1. The van der Waals surface area contributed by atoms with E-state index in [0.717, 1.165) is 6.07 Å². The Bertz CT molecular complexity index is 389. The van der Waals surface area contributed by atoms with Crippen molar-refractivity contribution in [3.05, 3.63) is 29.6 Å². The Balaban J connectivity index is 2.83.